The van der Waals surface area contributed by atoms with Crippen LogP contribution in [0.5, 0.6) is 0 Å². The smallest absolute Gasteiger partial charge is 0.165 e. The zero-order valence-corrected chi connectivity index (χ0v) is 11.6. The first-order valence-electron chi connectivity index (χ1n) is 6.57. The van der Waals surface area contributed by atoms with Crippen molar-refractivity contribution in [1.82, 2.24) is 19.5 Å². The molecule has 0 spiro atoms. The Bertz CT molecular complexity index is 590. The molecule has 0 aliphatic carbocycles. The fourth-order valence-electron chi connectivity index (χ4n) is 1.90. The number of aliphatic hydroxyl groups excluding tert-OH is 4. The number of nitrogens with one attached hydrogen (secondary N) is 1. The molecule has 0 bridgehead atoms. The summed E-state index contributed by atoms with van der Waals surface area (Å²) in [4.78, 5) is 12.4. The van der Waals surface area contributed by atoms with E-state index in [0.29, 0.717) is 17.0 Å². The van der Waals surface area contributed by atoms with Crippen LogP contribution in [0.2, 0.25) is 0 Å². The third-order valence-corrected chi connectivity index (χ3v) is 3.26. The Kier molecular flexibility index (Phi) is 5.02. The zero-order chi connectivity index (χ0) is 15.4. The van der Waals surface area contributed by atoms with Gasteiger partial charge in [-0.15, -0.1) is 0 Å². The minimum atomic E-state index is -0.926. The molecule has 0 aromatic carbocycles. The summed E-state index contributed by atoms with van der Waals surface area (Å²) >= 11 is 0. The van der Waals surface area contributed by atoms with E-state index >= 15 is 0 Å². The third-order valence-electron chi connectivity index (χ3n) is 3.26. The molecule has 9 heteroatoms. The van der Waals surface area contributed by atoms with Gasteiger partial charge in [-0.25, -0.2) is 15.0 Å². The number of nitrogens with zero attached hydrogens (tertiary/aromatic N) is 4. The standard InChI is InChI=1S/C12H19N5O4/c1-7(9(21)4-19)17-6-16-10-11(13-2-8(20)3-18)14-5-15-12(10)17/h5-9,18-21H,2-4H2,1H3,(H,13,14,15). The van der Waals surface area contributed by atoms with Gasteiger partial charge in [-0.1, -0.05) is 0 Å². The average molecular weight is 297 g/mol. The molecule has 0 radical (unpaired) electrons. The van der Waals surface area contributed by atoms with Gasteiger partial charge < -0.3 is 30.3 Å². The second-order valence-electron chi connectivity index (χ2n) is 4.75. The van der Waals surface area contributed by atoms with Crippen molar-refractivity contribution in [1.29, 1.82) is 0 Å². The molecular formula is C12H19N5O4. The summed E-state index contributed by atoms with van der Waals surface area (Å²) in [6.45, 7) is 1.16. The first kappa shape index (κ1) is 15.6. The Hall–Kier alpha value is -1.81. The second-order valence-corrected chi connectivity index (χ2v) is 4.75. The van der Waals surface area contributed by atoms with Crippen molar-refractivity contribution >= 4 is 17.0 Å². The van der Waals surface area contributed by atoms with Crippen LogP contribution in [0.25, 0.3) is 11.2 Å². The van der Waals surface area contributed by atoms with E-state index in [2.05, 4.69) is 20.3 Å². The fraction of sp³-hybridized carbons (Fsp3) is 0.583. The molecule has 5 N–H and O–H groups in total. The van der Waals surface area contributed by atoms with Crippen molar-refractivity contribution in [2.75, 3.05) is 25.1 Å². The van der Waals surface area contributed by atoms with Crippen LogP contribution in [0, 0.1) is 0 Å². The van der Waals surface area contributed by atoms with Gasteiger partial charge in [0.1, 0.15) is 11.8 Å². The van der Waals surface area contributed by atoms with Crippen molar-refractivity contribution in [3.05, 3.63) is 12.7 Å². The van der Waals surface area contributed by atoms with Gasteiger partial charge in [0.15, 0.2) is 11.5 Å². The first-order chi connectivity index (χ1) is 10.1. The van der Waals surface area contributed by atoms with Gasteiger partial charge in [0, 0.05) is 6.54 Å². The van der Waals surface area contributed by atoms with Crippen LogP contribution in [0.15, 0.2) is 12.7 Å². The van der Waals surface area contributed by atoms with E-state index < -0.39 is 18.2 Å². The van der Waals surface area contributed by atoms with Crippen molar-refractivity contribution in [2.24, 2.45) is 0 Å². The number of rotatable bonds is 7. The molecule has 0 saturated carbocycles. The van der Waals surface area contributed by atoms with Crippen molar-refractivity contribution in [3.8, 4) is 0 Å². The largest absolute Gasteiger partial charge is 0.394 e. The van der Waals surface area contributed by atoms with E-state index in [1.807, 2.05) is 0 Å². The SMILES string of the molecule is CC(C(O)CO)n1cnc2c(NCC(O)CO)ncnc21. The second kappa shape index (κ2) is 6.76. The van der Waals surface area contributed by atoms with E-state index in [-0.39, 0.29) is 19.8 Å². The molecule has 0 saturated heterocycles. The van der Waals surface area contributed by atoms with E-state index in [4.69, 9.17) is 10.2 Å². The molecule has 2 heterocycles. The highest BCUT2D eigenvalue weighted by Gasteiger charge is 2.19. The van der Waals surface area contributed by atoms with Crippen molar-refractivity contribution in [2.45, 2.75) is 25.2 Å². The lowest BCUT2D eigenvalue weighted by atomic mass is 10.2. The number of imidazole rings is 1. The molecule has 2 rings (SSSR count). The molecule has 0 aliphatic rings. The molecule has 0 amide bonds. The van der Waals surface area contributed by atoms with Crippen LogP contribution in [-0.4, -0.2) is 71.9 Å². The predicted octanol–water partition coefficient (Wildman–Crippen LogP) is -1.49. The Labute approximate surface area is 120 Å². The average Bonchev–Trinajstić information content (AvgIpc) is 2.95. The molecule has 3 unspecified atom stereocenters. The van der Waals surface area contributed by atoms with Crippen LogP contribution in [0.4, 0.5) is 5.82 Å². The number of anilines is 1. The zero-order valence-electron chi connectivity index (χ0n) is 11.6. The molecule has 21 heavy (non-hydrogen) atoms. The Balaban J connectivity index is 2.28. The Morgan fingerprint density at radius 3 is 2.62 bits per heavy atom. The maximum atomic E-state index is 9.72. The van der Waals surface area contributed by atoms with Gasteiger partial charge in [-0.05, 0) is 6.92 Å². The minimum absolute atomic E-state index is 0.129. The van der Waals surface area contributed by atoms with Gasteiger partial charge in [0.2, 0.25) is 0 Å². The minimum Gasteiger partial charge on any atom is -0.394 e. The number of hydrogen-bond acceptors (Lipinski definition) is 8. The van der Waals surface area contributed by atoms with Crippen LogP contribution >= 0.6 is 0 Å². The number of aromatic nitrogens is 4. The highest BCUT2D eigenvalue weighted by Crippen LogP contribution is 2.22. The van der Waals surface area contributed by atoms with Gasteiger partial charge >= 0.3 is 0 Å². The quantitative estimate of drug-likeness (QED) is 0.417. The summed E-state index contributed by atoms with van der Waals surface area (Å²) in [5, 5.41) is 39.8. The monoisotopic (exact) mass is 297 g/mol. The number of hydrogen-bond donors (Lipinski definition) is 5. The lowest BCUT2D eigenvalue weighted by Gasteiger charge is -2.18. The molecule has 0 aliphatic heterocycles. The van der Waals surface area contributed by atoms with Crippen molar-refractivity contribution < 1.29 is 20.4 Å². The summed E-state index contributed by atoms with van der Waals surface area (Å²) in [5.41, 5.74) is 0.991. The number of fused-ring (bicyclic) bond motifs is 1. The molecule has 2 aromatic rings. The van der Waals surface area contributed by atoms with Crippen LogP contribution in [-0.2, 0) is 0 Å². The topological polar surface area (TPSA) is 137 Å². The van der Waals surface area contributed by atoms with Crippen LogP contribution in [0.1, 0.15) is 13.0 Å². The number of aliphatic hydroxyl groups is 4. The Morgan fingerprint density at radius 1 is 1.19 bits per heavy atom. The summed E-state index contributed by atoms with van der Waals surface area (Å²) in [7, 11) is 0. The molecule has 0 fully saturated rings. The molecule has 3 atom stereocenters. The first-order valence-corrected chi connectivity index (χ1v) is 6.57. The molecular weight excluding hydrogens is 278 g/mol. The maximum Gasteiger partial charge on any atom is 0.165 e. The summed E-state index contributed by atoms with van der Waals surface area (Å²) in [6.07, 6.45) is 1.03. The normalized spacial score (nSPS) is 15.9. The highest BCUT2D eigenvalue weighted by atomic mass is 16.3. The van der Waals surface area contributed by atoms with Gasteiger partial charge in [-0.2, -0.15) is 0 Å². The van der Waals surface area contributed by atoms with E-state index in [9.17, 15) is 10.2 Å². The predicted molar refractivity (Wildman–Crippen MR) is 74.7 cm³/mol. The van der Waals surface area contributed by atoms with E-state index in [1.165, 1.54) is 12.7 Å². The highest BCUT2D eigenvalue weighted by molar-refractivity contribution is 5.82. The van der Waals surface area contributed by atoms with Crippen molar-refractivity contribution in [3.63, 3.8) is 0 Å². The lowest BCUT2D eigenvalue weighted by Crippen LogP contribution is -2.25. The van der Waals surface area contributed by atoms with Gasteiger partial charge in [0.25, 0.3) is 0 Å². The van der Waals surface area contributed by atoms with Crippen LogP contribution < -0.4 is 5.32 Å². The third kappa shape index (κ3) is 3.27. The summed E-state index contributed by atoms with van der Waals surface area (Å²) < 4.78 is 1.64. The molecule has 116 valence electrons. The van der Waals surface area contributed by atoms with E-state index in [1.54, 1.807) is 11.5 Å². The molecule has 2 aromatic heterocycles. The maximum absolute atomic E-state index is 9.72. The Morgan fingerprint density at radius 2 is 1.95 bits per heavy atom. The van der Waals surface area contributed by atoms with Crippen LogP contribution in [0.3, 0.4) is 0 Å². The van der Waals surface area contributed by atoms with Gasteiger partial charge in [0.05, 0.1) is 37.8 Å². The lowest BCUT2D eigenvalue weighted by molar-refractivity contribution is 0.0585. The molecule has 9 nitrogen and oxygen atoms in total. The summed E-state index contributed by atoms with van der Waals surface area (Å²) in [5.74, 6) is 0.428. The van der Waals surface area contributed by atoms with Gasteiger partial charge in [-0.3, -0.25) is 0 Å². The summed E-state index contributed by atoms with van der Waals surface area (Å²) in [6, 6.07) is -0.397. The fourth-order valence-corrected chi connectivity index (χ4v) is 1.90. The van der Waals surface area contributed by atoms with E-state index in [0.717, 1.165) is 0 Å².